The van der Waals surface area contributed by atoms with E-state index in [-0.39, 0.29) is 24.5 Å². The Kier molecular flexibility index (Phi) is 4.51. The number of rotatable bonds is 5. The van der Waals surface area contributed by atoms with Gasteiger partial charge < -0.3 is 15.6 Å². The van der Waals surface area contributed by atoms with Crippen LogP contribution in [0.4, 0.5) is 0 Å². The zero-order chi connectivity index (χ0) is 15.5. The van der Waals surface area contributed by atoms with E-state index in [1.165, 1.54) is 4.88 Å². The number of aromatic nitrogens is 2. The number of hydrogen-bond acceptors (Lipinski definition) is 7. The molecule has 2 aromatic heterocycles. The van der Waals surface area contributed by atoms with Gasteiger partial charge in [0, 0.05) is 23.9 Å². The lowest BCUT2D eigenvalue weighted by Gasteiger charge is -2.17. The number of nitrogens with one attached hydrogen (secondary N) is 1. The minimum absolute atomic E-state index is 0.0477. The molecule has 0 bridgehead atoms. The van der Waals surface area contributed by atoms with Crippen LogP contribution >= 0.6 is 11.3 Å². The molecule has 118 valence electrons. The van der Waals surface area contributed by atoms with Crippen molar-refractivity contribution in [1.29, 1.82) is 0 Å². The van der Waals surface area contributed by atoms with Crippen molar-refractivity contribution < 1.29 is 9.32 Å². The van der Waals surface area contributed by atoms with Crippen LogP contribution in [0.5, 0.6) is 0 Å². The van der Waals surface area contributed by atoms with Gasteiger partial charge in [0.1, 0.15) is 0 Å². The van der Waals surface area contributed by atoms with Gasteiger partial charge in [-0.1, -0.05) is 11.2 Å². The first-order valence-corrected chi connectivity index (χ1v) is 8.07. The van der Waals surface area contributed by atoms with E-state index in [2.05, 4.69) is 15.5 Å². The van der Waals surface area contributed by atoms with Crippen molar-refractivity contribution in [2.24, 2.45) is 5.73 Å². The van der Waals surface area contributed by atoms with Gasteiger partial charge in [0.05, 0.1) is 12.6 Å². The number of likely N-dealkylation sites (tertiary alicyclic amines) is 1. The topological polar surface area (TPSA) is 97.3 Å². The lowest BCUT2D eigenvalue weighted by atomic mass is 10.1. The number of carbonyl (C=O) groups excluding carboxylic acids is 1. The fraction of sp³-hybridized carbons (Fsp3) is 0.500. The van der Waals surface area contributed by atoms with Gasteiger partial charge in [-0.3, -0.25) is 9.69 Å². The SMILES string of the molecule is CN1C[C@@H](N)C[C@H]1C(=O)NCc1nc(Cc2cccs2)no1. The molecule has 1 aliphatic heterocycles. The highest BCUT2D eigenvalue weighted by molar-refractivity contribution is 7.09. The Morgan fingerprint density at radius 1 is 1.64 bits per heavy atom. The van der Waals surface area contributed by atoms with E-state index in [0.717, 1.165) is 6.54 Å². The summed E-state index contributed by atoms with van der Waals surface area (Å²) >= 11 is 1.65. The predicted octanol–water partition coefficient (Wildman–Crippen LogP) is 0.370. The van der Waals surface area contributed by atoms with Crippen LogP contribution in [0, 0.1) is 0 Å². The second kappa shape index (κ2) is 6.55. The first-order chi connectivity index (χ1) is 10.6. The molecule has 0 unspecified atom stereocenters. The van der Waals surface area contributed by atoms with E-state index in [1.54, 1.807) is 11.3 Å². The van der Waals surface area contributed by atoms with Crippen LogP contribution in [-0.2, 0) is 17.8 Å². The van der Waals surface area contributed by atoms with Crippen LogP contribution < -0.4 is 11.1 Å². The molecule has 3 heterocycles. The summed E-state index contributed by atoms with van der Waals surface area (Å²) < 4.78 is 5.16. The van der Waals surface area contributed by atoms with E-state index >= 15 is 0 Å². The third-order valence-electron chi connectivity index (χ3n) is 3.72. The molecular weight excluding hydrogens is 302 g/mol. The van der Waals surface area contributed by atoms with Crippen molar-refractivity contribution in [3.8, 4) is 0 Å². The second-order valence-electron chi connectivity index (χ2n) is 5.53. The molecule has 2 aromatic rings. The normalized spacial score (nSPS) is 22.1. The van der Waals surface area contributed by atoms with Crippen LogP contribution in [0.25, 0.3) is 0 Å². The molecule has 1 saturated heterocycles. The summed E-state index contributed by atoms with van der Waals surface area (Å²) in [5, 5.41) is 8.78. The van der Waals surface area contributed by atoms with Gasteiger partial charge in [0.15, 0.2) is 5.82 Å². The Balaban J connectivity index is 1.51. The molecule has 3 rings (SSSR count). The molecule has 0 aliphatic carbocycles. The highest BCUT2D eigenvalue weighted by Crippen LogP contribution is 2.15. The summed E-state index contributed by atoms with van der Waals surface area (Å²) in [6.45, 7) is 0.986. The monoisotopic (exact) mass is 321 g/mol. The first-order valence-electron chi connectivity index (χ1n) is 7.19. The minimum atomic E-state index is -0.177. The molecular formula is C14H19N5O2S. The lowest BCUT2D eigenvalue weighted by Crippen LogP contribution is -2.41. The standard InChI is InChI=1S/C14H19N5O2S/c1-19-8-9(15)5-11(19)14(20)16-7-13-17-12(18-21-13)6-10-3-2-4-22-10/h2-4,9,11H,5-8,15H2,1H3,(H,16,20)/t9-,11-/m0/s1. The summed E-state index contributed by atoms with van der Waals surface area (Å²) in [6.07, 6.45) is 1.32. The van der Waals surface area contributed by atoms with Gasteiger partial charge in [-0.25, -0.2) is 0 Å². The Morgan fingerprint density at radius 3 is 3.18 bits per heavy atom. The van der Waals surface area contributed by atoms with Crippen LogP contribution in [-0.4, -0.2) is 46.6 Å². The number of nitrogens with zero attached hydrogens (tertiary/aromatic N) is 3. The molecule has 7 nitrogen and oxygen atoms in total. The summed E-state index contributed by atoms with van der Waals surface area (Å²) in [6, 6.07) is 3.90. The van der Waals surface area contributed by atoms with Crippen LogP contribution in [0.3, 0.4) is 0 Å². The average molecular weight is 321 g/mol. The van der Waals surface area contributed by atoms with Crippen LogP contribution in [0.2, 0.25) is 0 Å². The Morgan fingerprint density at radius 2 is 2.50 bits per heavy atom. The molecule has 1 amide bonds. The maximum Gasteiger partial charge on any atom is 0.246 e. The number of amides is 1. The molecule has 3 N–H and O–H groups in total. The van der Waals surface area contributed by atoms with Crippen LogP contribution in [0.15, 0.2) is 22.0 Å². The summed E-state index contributed by atoms with van der Waals surface area (Å²) in [5.74, 6) is 1.00. The van der Waals surface area contributed by atoms with Gasteiger partial charge in [-0.2, -0.15) is 4.98 Å². The Hall–Kier alpha value is -1.77. The van der Waals surface area contributed by atoms with Gasteiger partial charge >= 0.3 is 0 Å². The largest absolute Gasteiger partial charge is 0.346 e. The van der Waals surface area contributed by atoms with Crippen molar-refractivity contribution in [3.63, 3.8) is 0 Å². The molecule has 2 atom stereocenters. The summed E-state index contributed by atoms with van der Waals surface area (Å²) in [4.78, 5) is 19.6. The predicted molar refractivity (Wildman–Crippen MR) is 82.3 cm³/mol. The second-order valence-corrected chi connectivity index (χ2v) is 6.56. The number of hydrogen-bond donors (Lipinski definition) is 2. The molecule has 0 spiro atoms. The van der Waals surface area contributed by atoms with Crippen LogP contribution in [0.1, 0.15) is 23.0 Å². The van der Waals surface area contributed by atoms with E-state index in [0.29, 0.717) is 24.6 Å². The number of likely N-dealkylation sites (N-methyl/N-ethyl adjacent to an activating group) is 1. The maximum absolute atomic E-state index is 12.1. The minimum Gasteiger partial charge on any atom is -0.346 e. The molecule has 1 aliphatic rings. The summed E-state index contributed by atoms with van der Waals surface area (Å²) in [5.41, 5.74) is 5.87. The quantitative estimate of drug-likeness (QED) is 0.826. The number of carbonyl (C=O) groups is 1. The Bertz CT molecular complexity index is 627. The molecule has 0 radical (unpaired) electrons. The maximum atomic E-state index is 12.1. The van der Waals surface area contributed by atoms with Gasteiger partial charge in [0.2, 0.25) is 11.8 Å². The van der Waals surface area contributed by atoms with Gasteiger partial charge in [0.25, 0.3) is 0 Å². The van der Waals surface area contributed by atoms with E-state index in [1.807, 2.05) is 29.5 Å². The third kappa shape index (κ3) is 3.52. The number of thiophene rings is 1. The van der Waals surface area contributed by atoms with Crippen molar-refractivity contribution in [1.82, 2.24) is 20.4 Å². The highest BCUT2D eigenvalue weighted by Gasteiger charge is 2.32. The Labute approximate surface area is 132 Å². The van der Waals surface area contributed by atoms with E-state index < -0.39 is 0 Å². The fourth-order valence-electron chi connectivity index (χ4n) is 2.63. The van der Waals surface area contributed by atoms with Gasteiger partial charge in [-0.05, 0) is 24.9 Å². The zero-order valence-corrected chi connectivity index (χ0v) is 13.2. The highest BCUT2D eigenvalue weighted by atomic mass is 32.1. The zero-order valence-electron chi connectivity index (χ0n) is 12.4. The summed E-state index contributed by atoms with van der Waals surface area (Å²) in [7, 11) is 1.91. The third-order valence-corrected chi connectivity index (χ3v) is 4.60. The van der Waals surface area contributed by atoms with Gasteiger partial charge in [-0.15, -0.1) is 11.3 Å². The lowest BCUT2D eigenvalue weighted by molar-refractivity contribution is -0.125. The van der Waals surface area contributed by atoms with Crippen molar-refractivity contribution in [2.45, 2.75) is 31.5 Å². The molecule has 1 fully saturated rings. The smallest absolute Gasteiger partial charge is 0.246 e. The molecule has 0 aromatic carbocycles. The van der Waals surface area contributed by atoms with E-state index in [4.69, 9.17) is 10.3 Å². The molecule has 0 saturated carbocycles. The molecule has 8 heteroatoms. The van der Waals surface area contributed by atoms with Crippen molar-refractivity contribution in [3.05, 3.63) is 34.1 Å². The average Bonchev–Trinajstić information content (AvgIpc) is 3.19. The van der Waals surface area contributed by atoms with Crippen molar-refractivity contribution >= 4 is 17.2 Å². The number of nitrogens with two attached hydrogens (primary N) is 1. The fourth-order valence-corrected chi connectivity index (χ4v) is 3.33. The molecule has 22 heavy (non-hydrogen) atoms. The van der Waals surface area contributed by atoms with E-state index in [9.17, 15) is 4.79 Å². The first kappa shape index (κ1) is 15.1. The van der Waals surface area contributed by atoms with Crippen molar-refractivity contribution in [2.75, 3.05) is 13.6 Å².